The number of ether oxygens (including phenoxy) is 1. The van der Waals surface area contributed by atoms with Crippen LogP contribution in [0.1, 0.15) is 36.1 Å². The number of aliphatic carboxylic acids is 1. The molecular weight excluding hydrogens is 450 g/mol. The Balaban J connectivity index is 1.71. The third kappa shape index (κ3) is 4.28. The quantitative estimate of drug-likeness (QED) is 0.523. The zero-order valence-corrected chi connectivity index (χ0v) is 20.9. The summed E-state index contributed by atoms with van der Waals surface area (Å²) < 4.78 is 34.0. The average molecular weight is 480 g/mol. The fraction of sp³-hybridized carbons (Fsp3) is 0.296. The number of anilines is 1. The van der Waals surface area contributed by atoms with E-state index in [1.54, 1.807) is 6.92 Å². The van der Waals surface area contributed by atoms with Crippen LogP contribution in [0, 0.1) is 20.8 Å². The van der Waals surface area contributed by atoms with Crippen LogP contribution < -0.4 is 9.04 Å². The van der Waals surface area contributed by atoms with E-state index in [-0.39, 0.29) is 10.3 Å². The molecule has 7 heteroatoms. The first-order chi connectivity index (χ1) is 15.9. The third-order valence-corrected chi connectivity index (χ3v) is 8.21. The van der Waals surface area contributed by atoms with Crippen LogP contribution >= 0.6 is 0 Å². The van der Waals surface area contributed by atoms with E-state index in [4.69, 9.17) is 9.84 Å². The molecule has 0 aromatic heterocycles. The van der Waals surface area contributed by atoms with Gasteiger partial charge in [0.05, 0.1) is 10.6 Å². The standard InChI is InChI=1S/C27H29NO5S/c1-17-6-7-20(12-18(17)2)21-8-10-24-23(14-21)27(4,5)16-28(24)34(31,32)22-9-11-25(19(3)13-22)33-15-26(29)30/h6-14H,15-16H2,1-5H3,(H,29,30). The van der Waals surface area contributed by atoms with Gasteiger partial charge in [0.1, 0.15) is 5.75 Å². The number of carboxylic acid groups (broad SMARTS) is 1. The number of rotatable bonds is 6. The maximum atomic E-state index is 13.6. The SMILES string of the molecule is Cc1ccc(-c2ccc3c(c2)C(C)(C)CN3S(=O)(=O)c2ccc(OCC(=O)O)c(C)c2)cc1C. The van der Waals surface area contributed by atoms with E-state index in [9.17, 15) is 13.2 Å². The van der Waals surface area contributed by atoms with Crippen molar-refractivity contribution in [3.05, 3.63) is 76.9 Å². The largest absolute Gasteiger partial charge is 0.482 e. The summed E-state index contributed by atoms with van der Waals surface area (Å²) in [4.78, 5) is 10.9. The normalized spacial score (nSPS) is 14.7. The zero-order valence-electron chi connectivity index (χ0n) is 20.0. The van der Waals surface area contributed by atoms with Crippen molar-refractivity contribution in [3.8, 4) is 16.9 Å². The summed E-state index contributed by atoms with van der Waals surface area (Å²) in [7, 11) is -3.82. The minimum atomic E-state index is -3.82. The molecule has 1 N–H and O–H groups in total. The van der Waals surface area contributed by atoms with Crippen molar-refractivity contribution in [2.75, 3.05) is 17.5 Å². The van der Waals surface area contributed by atoms with E-state index in [0.717, 1.165) is 16.7 Å². The van der Waals surface area contributed by atoms with Gasteiger partial charge < -0.3 is 9.84 Å². The lowest BCUT2D eigenvalue weighted by molar-refractivity contribution is -0.139. The number of nitrogens with zero attached hydrogens (tertiary/aromatic N) is 1. The molecule has 0 bridgehead atoms. The molecule has 3 aromatic rings. The summed E-state index contributed by atoms with van der Waals surface area (Å²) in [5, 5.41) is 8.83. The van der Waals surface area contributed by atoms with Gasteiger partial charge in [-0.2, -0.15) is 0 Å². The first-order valence-corrected chi connectivity index (χ1v) is 12.5. The molecular formula is C27H29NO5S. The zero-order chi connectivity index (χ0) is 24.8. The topological polar surface area (TPSA) is 83.9 Å². The predicted molar refractivity (Wildman–Crippen MR) is 133 cm³/mol. The highest BCUT2D eigenvalue weighted by Gasteiger charge is 2.41. The van der Waals surface area contributed by atoms with Crippen molar-refractivity contribution in [2.24, 2.45) is 0 Å². The molecule has 34 heavy (non-hydrogen) atoms. The molecule has 0 atom stereocenters. The van der Waals surface area contributed by atoms with Gasteiger partial charge in [-0.15, -0.1) is 0 Å². The Hall–Kier alpha value is -3.32. The highest BCUT2D eigenvalue weighted by atomic mass is 32.2. The van der Waals surface area contributed by atoms with Gasteiger partial charge >= 0.3 is 5.97 Å². The van der Waals surface area contributed by atoms with Crippen LogP contribution in [0.3, 0.4) is 0 Å². The first kappa shape index (κ1) is 23.8. The second kappa shape index (κ2) is 8.47. The second-order valence-corrected chi connectivity index (χ2v) is 11.4. The van der Waals surface area contributed by atoms with Crippen LogP contribution in [0.25, 0.3) is 11.1 Å². The van der Waals surface area contributed by atoms with Crippen LogP contribution in [-0.2, 0) is 20.2 Å². The van der Waals surface area contributed by atoms with Crippen molar-refractivity contribution in [1.82, 2.24) is 0 Å². The molecule has 4 rings (SSSR count). The van der Waals surface area contributed by atoms with E-state index in [1.165, 1.54) is 33.6 Å². The van der Waals surface area contributed by atoms with E-state index in [2.05, 4.69) is 52.0 Å². The molecule has 1 heterocycles. The smallest absolute Gasteiger partial charge is 0.341 e. The second-order valence-electron chi connectivity index (χ2n) is 9.54. The number of sulfonamides is 1. The maximum Gasteiger partial charge on any atom is 0.341 e. The number of carbonyl (C=O) groups is 1. The van der Waals surface area contributed by atoms with E-state index in [0.29, 0.717) is 23.5 Å². The minimum absolute atomic E-state index is 0.148. The summed E-state index contributed by atoms with van der Waals surface area (Å²) in [6.07, 6.45) is 0. The minimum Gasteiger partial charge on any atom is -0.482 e. The Kier molecular flexibility index (Phi) is 5.94. The summed E-state index contributed by atoms with van der Waals surface area (Å²) in [5.41, 5.74) is 6.49. The number of fused-ring (bicyclic) bond motifs is 1. The van der Waals surface area contributed by atoms with Crippen LogP contribution in [0.15, 0.2) is 59.5 Å². The number of carboxylic acids is 1. The fourth-order valence-corrected chi connectivity index (χ4v) is 6.08. The number of aryl methyl sites for hydroxylation is 3. The highest BCUT2D eigenvalue weighted by molar-refractivity contribution is 7.92. The number of hydrogen-bond donors (Lipinski definition) is 1. The molecule has 0 fully saturated rings. The monoisotopic (exact) mass is 479 g/mol. The van der Waals surface area contributed by atoms with Gasteiger partial charge in [-0.1, -0.05) is 38.1 Å². The van der Waals surface area contributed by atoms with Crippen molar-refractivity contribution in [2.45, 2.75) is 44.9 Å². The first-order valence-electron chi connectivity index (χ1n) is 11.1. The van der Waals surface area contributed by atoms with Crippen LogP contribution in [0.4, 0.5) is 5.69 Å². The van der Waals surface area contributed by atoms with E-state index >= 15 is 0 Å². The molecule has 3 aromatic carbocycles. The summed E-state index contributed by atoms with van der Waals surface area (Å²) in [5.74, 6) is -0.742. The fourth-order valence-electron chi connectivity index (χ4n) is 4.35. The molecule has 1 aliphatic heterocycles. The van der Waals surface area contributed by atoms with Gasteiger partial charge in [0.2, 0.25) is 0 Å². The lowest BCUT2D eigenvalue weighted by Gasteiger charge is -2.22. The Labute approximate surface area is 200 Å². The Morgan fingerprint density at radius 3 is 2.26 bits per heavy atom. The highest BCUT2D eigenvalue weighted by Crippen LogP contribution is 2.45. The summed E-state index contributed by atoms with van der Waals surface area (Å²) >= 11 is 0. The molecule has 0 radical (unpaired) electrons. The average Bonchev–Trinajstić information content (AvgIpc) is 3.05. The molecule has 178 valence electrons. The Morgan fingerprint density at radius 2 is 1.62 bits per heavy atom. The number of hydrogen-bond acceptors (Lipinski definition) is 4. The number of benzene rings is 3. The molecule has 0 unspecified atom stereocenters. The maximum absolute atomic E-state index is 13.6. The molecule has 0 spiro atoms. The van der Waals surface area contributed by atoms with Crippen molar-refractivity contribution >= 4 is 21.7 Å². The third-order valence-electron chi connectivity index (χ3n) is 6.46. The predicted octanol–water partition coefficient (Wildman–Crippen LogP) is 5.23. The van der Waals surface area contributed by atoms with Crippen molar-refractivity contribution in [3.63, 3.8) is 0 Å². The molecule has 0 amide bonds. The van der Waals surface area contributed by atoms with Gasteiger partial charge in [0, 0.05) is 12.0 Å². The van der Waals surface area contributed by atoms with E-state index in [1.807, 2.05) is 12.1 Å². The molecule has 0 saturated heterocycles. The van der Waals surface area contributed by atoms with Crippen molar-refractivity contribution in [1.29, 1.82) is 0 Å². The van der Waals surface area contributed by atoms with Gasteiger partial charge in [-0.05, 0) is 84.5 Å². The Morgan fingerprint density at radius 1 is 0.941 bits per heavy atom. The Bertz CT molecular complexity index is 1390. The molecule has 1 aliphatic rings. The summed E-state index contributed by atoms with van der Waals surface area (Å²) in [6, 6.07) is 16.8. The lowest BCUT2D eigenvalue weighted by atomic mass is 9.85. The molecule has 6 nitrogen and oxygen atoms in total. The molecule has 0 aliphatic carbocycles. The van der Waals surface area contributed by atoms with E-state index < -0.39 is 22.6 Å². The van der Waals surface area contributed by atoms with Gasteiger partial charge in [0.25, 0.3) is 10.0 Å². The van der Waals surface area contributed by atoms with Gasteiger partial charge in [-0.3, -0.25) is 4.31 Å². The van der Waals surface area contributed by atoms with Crippen molar-refractivity contribution < 1.29 is 23.1 Å². The lowest BCUT2D eigenvalue weighted by Crippen LogP contribution is -2.34. The summed E-state index contributed by atoms with van der Waals surface area (Å²) in [6.45, 7) is 9.83. The van der Waals surface area contributed by atoms with Crippen LogP contribution in [0.5, 0.6) is 5.75 Å². The van der Waals surface area contributed by atoms with Crippen LogP contribution in [-0.4, -0.2) is 32.6 Å². The van der Waals surface area contributed by atoms with Crippen LogP contribution in [0.2, 0.25) is 0 Å². The molecule has 0 saturated carbocycles. The van der Waals surface area contributed by atoms with Gasteiger partial charge in [0.15, 0.2) is 6.61 Å². The van der Waals surface area contributed by atoms with Gasteiger partial charge in [-0.25, -0.2) is 13.2 Å².